The van der Waals surface area contributed by atoms with Crippen LogP contribution in [0.15, 0.2) is 18.2 Å². The number of hydrogen-bond acceptors (Lipinski definition) is 2. The maximum absolute atomic E-state index is 11.9. The van der Waals surface area contributed by atoms with Crippen molar-refractivity contribution >= 4 is 5.91 Å². The van der Waals surface area contributed by atoms with Crippen molar-refractivity contribution in [2.45, 2.75) is 40.3 Å². The van der Waals surface area contributed by atoms with E-state index in [1.54, 1.807) is 4.90 Å². The van der Waals surface area contributed by atoms with Crippen molar-refractivity contribution in [3.05, 3.63) is 34.9 Å². The van der Waals surface area contributed by atoms with Crippen molar-refractivity contribution in [3.8, 4) is 0 Å². The average Bonchev–Trinajstić information content (AvgIpc) is 2.36. The van der Waals surface area contributed by atoms with Gasteiger partial charge >= 0.3 is 0 Å². The predicted molar refractivity (Wildman–Crippen MR) is 75.5 cm³/mol. The van der Waals surface area contributed by atoms with Gasteiger partial charge in [-0.1, -0.05) is 18.2 Å². The maximum Gasteiger partial charge on any atom is 0.239 e. The smallest absolute Gasteiger partial charge is 0.239 e. The van der Waals surface area contributed by atoms with Crippen molar-refractivity contribution in [2.75, 3.05) is 13.6 Å². The van der Waals surface area contributed by atoms with Gasteiger partial charge in [0.15, 0.2) is 0 Å². The van der Waals surface area contributed by atoms with E-state index < -0.39 is 0 Å². The lowest BCUT2D eigenvalue weighted by Crippen LogP contribution is -2.42. The number of rotatable bonds is 5. The molecular weight excluding hydrogens is 224 g/mol. The summed E-state index contributed by atoms with van der Waals surface area (Å²) in [5.74, 6) is 0.142. The van der Waals surface area contributed by atoms with Crippen LogP contribution in [-0.2, 0) is 11.3 Å². The molecule has 0 aliphatic rings. The molecule has 0 saturated heterocycles. The number of nitrogens with zero attached hydrogens (tertiary/aromatic N) is 1. The summed E-state index contributed by atoms with van der Waals surface area (Å²) in [5.41, 5.74) is 3.83. The second kappa shape index (κ2) is 6.55. The lowest BCUT2D eigenvalue weighted by Gasteiger charge is -2.21. The number of carbonyl (C=O) groups is 1. The van der Waals surface area contributed by atoms with E-state index in [2.05, 4.69) is 37.4 Å². The number of amides is 1. The molecule has 0 bridgehead atoms. The first-order valence-electron chi connectivity index (χ1n) is 6.50. The Bertz CT molecular complexity index is 395. The fraction of sp³-hybridized carbons (Fsp3) is 0.533. The van der Waals surface area contributed by atoms with Crippen LogP contribution in [0.5, 0.6) is 0 Å². The van der Waals surface area contributed by atoms with Crippen LogP contribution in [0.2, 0.25) is 0 Å². The molecule has 1 aromatic rings. The Morgan fingerprint density at radius 2 is 1.89 bits per heavy atom. The summed E-state index contributed by atoms with van der Waals surface area (Å²) < 4.78 is 0. The summed E-state index contributed by atoms with van der Waals surface area (Å²) >= 11 is 0. The first-order chi connectivity index (χ1) is 8.47. The molecule has 3 heteroatoms. The van der Waals surface area contributed by atoms with Gasteiger partial charge in [0.2, 0.25) is 5.91 Å². The monoisotopic (exact) mass is 248 g/mol. The Labute approximate surface area is 110 Å². The average molecular weight is 248 g/mol. The number of nitrogens with one attached hydrogen (secondary N) is 1. The molecule has 0 heterocycles. The highest BCUT2D eigenvalue weighted by atomic mass is 16.2. The van der Waals surface area contributed by atoms with Gasteiger partial charge in [-0.05, 0) is 44.4 Å². The minimum atomic E-state index is -0.144. The first kappa shape index (κ1) is 14.7. The fourth-order valence-corrected chi connectivity index (χ4v) is 1.96. The molecule has 100 valence electrons. The number of benzene rings is 1. The third-order valence-corrected chi connectivity index (χ3v) is 3.45. The zero-order valence-corrected chi connectivity index (χ0v) is 12.1. The molecule has 0 aromatic heterocycles. The SMILES string of the molecule is CCN(C)C(=O)C(C)NCc1c(C)cccc1C. The van der Waals surface area contributed by atoms with Crippen LogP contribution in [0.4, 0.5) is 0 Å². The fourth-order valence-electron chi connectivity index (χ4n) is 1.96. The van der Waals surface area contributed by atoms with Crippen LogP contribution >= 0.6 is 0 Å². The maximum atomic E-state index is 11.9. The minimum Gasteiger partial charge on any atom is -0.345 e. The van der Waals surface area contributed by atoms with E-state index in [1.165, 1.54) is 16.7 Å². The van der Waals surface area contributed by atoms with E-state index in [1.807, 2.05) is 20.9 Å². The molecule has 0 radical (unpaired) electrons. The molecule has 1 N–H and O–H groups in total. The van der Waals surface area contributed by atoms with E-state index in [0.717, 1.165) is 13.1 Å². The van der Waals surface area contributed by atoms with Crippen LogP contribution in [0, 0.1) is 13.8 Å². The van der Waals surface area contributed by atoms with Gasteiger partial charge in [0.05, 0.1) is 6.04 Å². The van der Waals surface area contributed by atoms with E-state index in [9.17, 15) is 4.79 Å². The Balaban J connectivity index is 2.63. The standard InChI is InChI=1S/C15H24N2O/c1-6-17(5)15(18)13(4)16-10-14-11(2)8-7-9-12(14)3/h7-9,13,16H,6,10H2,1-5H3. The van der Waals surface area contributed by atoms with Gasteiger partial charge in [0, 0.05) is 20.1 Å². The molecule has 0 fully saturated rings. The van der Waals surface area contributed by atoms with E-state index >= 15 is 0 Å². The Kier molecular flexibility index (Phi) is 5.35. The van der Waals surface area contributed by atoms with Crippen LogP contribution in [0.1, 0.15) is 30.5 Å². The summed E-state index contributed by atoms with van der Waals surface area (Å²) in [4.78, 5) is 13.7. The van der Waals surface area contributed by atoms with Gasteiger partial charge in [0.1, 0.15) is 0 Å². The third-order valence-electron chi connectivity index (χ3n) is 3.45. The number of hydrogen-bond donors (Lipinski definition) is 1. The van der Waals surface area contributed by atoms with Crippen LogP contribution < -0.4 is 5.32 Å². The Morgan fingerprint density at radius 3 is 2.39 bits per heavy atom. The lowest BCUT2D eigenvalue weighted by atomic mass is 10.0. The highest BCUT2D eigenvalue weighted by molar-refractivity contribution is 5.81. The lowest BCUT2D eigenvalue weighted by molar-refractivity contribution is -0.131. The van der Waals surface area contributed by atoms with Gasteiger partial charge in [-0.3, -0.25) is 4.79 Å². The number of carbonyl (C=O) groups excluding carboxylic acids is 1. The summed E-state index contributed by atoms with van der Waals surface area (Å²) in [7, 11) is 1.83. The molecule has 1 aromatic carbocycles. The minimum absolute atomic E-state index is 0.142. The second-order valence-corrected chi connectivity index (χ2v) is 4.83. The highest BCUT2D eigenvalue weighted by Gasteiger charge is 2.15. The quantitative estimate of drug-likeness (QED) is 0.867. The number of likely N-dealkylation sites (N-methyl/N-ethyl adjacent to an activating group) is 1. The molecule has 1 amide bonds. The van der Waals surface area contributed by atoms with Crippen LogP contribution in [-0.4, -0.2) is 30.4 Å². The van der Waals surface area contributed by atoms with Crippen molar-refractivity contribution in [1.82, 2.24) is 10.2 Å². The summed E-state index contributed by atoms with van der Waals surface area (Å²) in [6.07, 6.45) is 0. The van der Waals surface area contributed by atoms with Gasteiger partial charge in [-0.2, -0.15) is 0 Å². The van der Waals surface area contributed by atoms with Gasteiger partial charge < -0.3 is 10.2 Å². The topological polar surface area (TPSA) is 32.3 Å². The van der Waals surface area contributed by atoms with Crippen LogP contribution in [0.3, 0.4) is 0 Å². The molecule has 1 rings (SSSR count). The van der Waals surface area contributed by atoms with E-state index in [0.29, 0.717) is 0 Å². The normalized spacial score (nSPS) is 12.3. The van der Waals surface area contributed by atoms with E-state index in [4.69, 9.17) is 0 Å². The van der Waals surface area contributed by atoms with Gasteiger partial charge in [-0.15, -0.1) is 0 Å². The summed E-state index contributed by atoms with van der Waals surface area (Å²) in [5, 5.41) is 3.30. The van der Waals surface area contributed by atoms with Crippen molar-refractivity contribution < 1.29 is 4.79 Å². The van der Waals surface area contributed by atoms with E-state index in [-0.39, 0.29) is 11.9 Å². The third kappa shape index (κ3) is 3.57. The highest BCUT2D eigenvalue weighted by Crippen LogP contribution is 2.13. The second-order valence-electron chi connectivity index (χ2n) is 4.83. The molecule has 0 saturated carbocycles. The molecule has 18 heavy (non-hydrogen) atoms. The summed E-state index contributed by atoms with van der Waals surface area (Å²) in [6, 6.07) is 6.13. The Morgan fingerprint density at radius 1 is 1.33 bits per heavy atom. The van der Waals surface area contributed by atoms with Crippen molar-refractivity contribution in [2.24, 2.45) is 0 Å². The zero-order chi connectivity index (χ0) is 13.7. The van der Waals surface area contributed by atoms with Crippen LogP contribution in [0.25, 0.3) is 0 Å². The summed E-state index contributed by atoms with van der Waals surface area (Å²) in [6.45, 7) is 9.60. The molecular formula is C15H24N2O. The van der Waals surface area contributed by atoms with Crippen molar-refractivity contribution in [3.63, 3.8) is 0 Å². The predicted octanol–water partition coefficient (Wildman–Crippen LogP) is 2.26. The molecule has 0 spiro atoms. The molecule has 0 aliphatic carbocycles. The first-order valence-corrected chi connectivity index (χ1v) is 6.50. The van der Waals surface area contributed by atoms with Crippen molar-refractivity contribution in [1.29, 1.82) is 0 Å². The molecule has 1 unspecified atom stereocenters. The van der Waals surface area contributed by atoms with Gasteiger partial charge in [-0.25, -0.2) is 0 Å². The number of aryl methyl sites for hydroxylation is 2. The molecule has 0 aliphatic heterocycles. The molecule has 1 atom stereocenters. The largest absolute Gasteiger partial charge is 0.345 e. The molecule has 3 nitrogen and oxygen atoms in total. The zero-order valence-electron chi connectivity index (χ0n) is 12.1. The van der Waals surface area contributed by atoms with Gasteiger partial charge in [0.25, 0.3) is 0 Å². The Hall–Kier alpha value is -1.35.